The van der Waals surface area contributed by atoms with E-state index in [9.17, 15) is 10.1 Å². The van der Waals surface area contributed by atoms with Gasteiger partial charge in [0.25, 0.3) is 5.69 Å². The second-order valence-corrected chi connectivity index (χ2v) is 5.92. The summed E-state index contributed by atoms with van der Waals surface area (Å²) in [5.41, 5.74) is 3.90. The minimum atomic E-state index is -0.360. The molecule has 4 rings (SSSR count). The molecule has 1 aromatic heterocycles. The zero-order chi connectivity index (χ0) is 17.4. The summed E-state index contributed by atoms with van der Waals surface area (Å²) in [6, 6.07) is 20.7. The van der Waals surface area contributed by atoms with Gasteiger partial charge in [-0.25, -0.2) is 4.98 Å². The van der Waals surface area contributed by atoms with Crippen LogP contribution in [0.3, 0.4) is 0 Å². The smallest absolute Gasteiger partial charge is 0.292 e. The fourth-order valence-electron chi connectivity index (χ4n) is 3.01. The first kappa shape index (κ1) is 15.1. The average molecular weight is 329 g/mol. The molecule has 4 aromatic rings. The van der Waals surface area contributed by atoms with E-state index in [1.54, 1.807) is 12.1 Å². The van der Waals surface area contributed by atoms with Gasteiger partial charge in [0.05, 0.1) is 21.6 Å². The monoisotopic (exact) mass is 329 g/mol. The number of rotatable bonds is 3. The van der Waals surface area contributed by atoms with Crippen LogP contribution < -0.4 is 5.32 Å². The topological polar surface area (TPSA) is 68.1 Å². The van der Waals surface area contributed by atoms with Crippen molar-refractivity contribution in [2.45, 2.75) is 6.92 Å². The number of aromatic nitrogens is 1. The molecule has 3 aromatic carbocycles. The molecule has 0 aliphatic rings. The molecule has 25 heavy (non-hydrogen) atoms. The Balaban J connectivity index is 1.99. The fourth-order valence-corrected chi connectivity index (χ4v) is 3.01. The van der Waals surface area contributed by atoms with Crippen LogP contribution >= 0.6 is 0 Å². The minimum Gasteiger partial charge on any atom is -0.349 e. The Morgan fingerprint density at radius 3 is 2.12 bits per heavy atom. The van der Waals surface area contributed by atoms with Crippen LogP contribution in [-0.4, -0.2) is 9.91 Å². The van der Waals surface area contributed by atoms with Crippen LogP contribution in [0, 0.1) is 17.0 Å². The van der Waals surface area contributed by atoms with E-state index < -0.39 is 0 Å². The lowest BCUT2D eigenvalue weighted by Crippen LogP contribution is -1.99. The molecule has 0 amide bonds. The van der Waals surface area contributed by atoms with Crippen molar-refractivity contribution in [1.82, 2.24) is 4.98 Å². The third kappa shape index (κ3) is 2.65. The summed E-state index contributed by atoms with van der Waals surface area (Å²) in [6.45, 7) is 1.84. The Morgan fingerprint density at radius 1 is 0.920 bits per heavy atom. The summed E-state index contributed by atoms with van der Waals surface area (Å²) >= 11 is 0. The first-order chi connectivity index (χ1) is 12.1. The van der Waals surface area contributed by atoms with Crippen LogP contribution in [0.2, 0.25) is 0 Å². The summed E-state index contributed by atoms with van der Waals surface area (Å²) in [4.78, 5) is 15.8. The largest absolute Gasteiger partial charge is 0.349 e. The zero-order valence-electron chi connectivity index (χ0n) is 13.6. The van der Waals surface area contributed by atoms with E-state index in [1.807, 2.05) is 61.5 Å². The fraction of sp³-hybridized carbons (Fsp3) is 0.0500. The molecular formula is C20H15N3O2. The molecular weight excluding hydrogens is 314 g/mol. The van der Waals surface area contributed by atoms with E-state index in [-0.39, 0.29) is 10.6 Å². The standard InChI is InChI=1S/C20H15N3O2/c1-13-10-11-18(19(12-13)23(24)25)22-20-14-6-2-4-8-16(14)21-17-9-5-3-7-15(17)20/h2-12H,1H3,(H,21,22). The second-order valence-electron chi connectivity index (χ2n) is 5.92. The van der Waals surface area contributed by atoms with Gasteiger partial charge in [0.15, 0.2) is 0 Å². The van der Waals surface area contributed by atoms with Gasteiger partial charge in [-0.1, -0.05) is 42.5 Å². The number of nitro groups is 1. The second kappa shape index (κ2) is 5.87. The quantitative estimate of drug-likeness (QED) is 0.312. The molecule has 0 bridgehead atoms. The zero-order valence-corrected chi connectivity index (χ0v) is 13.6. The first-order valence-corrected chi connectivity index (χ1v) is 7.93. The summed E-state index contributed by atoms with van der Waals surface area (Å²) in [6.07, 6.45) is 0. The lowest BCUT2D eigenvalue weighted by atomic mass is 10.1. The molecule has 1 heterocycles. The number of benzene rings is 3. The number of hydrogen-bond acceptors (Lipinski definition) is 4. The van der Waals surface area contributed by atoms with E-state index in [0.29, 0.717) is 5.69 Å². The summed E-state index contributed by atoms with van der Waals surface area (Å²) < 4.78 is 0. The number of nitrogens with one attached hydrogen (secondary N) is 1. The lowest BCUT2D eigenvalue weighted by Gasteiger charge is -2.13. The molecule has 0 spiro atoms. The number of nitrogens with zero attached hydrogens (tertiary/aromatic N) is 2. The van der Waals surface area contributed by atoms with Crippen LogP contribution in [0.1, 0.15) is 5.56 Å². The van der Waals surface area contributed by atoms with Gasteiger partial charge < -0.3 is 5.32 Å². The normalized spacial score (nSPS) is 10.9. The maximum atomic E-state index is 11.4. The number of fused-ring (bicyclic) bond motifs is 2. The van der Waals surface area contributed by atoms with E-state index in [0.717, 1.165) is 33.1 Å². The van der Waals surface area contributed by atoms with Crippen molar-refractivity contribution in [3.8, 4) is 0 Å². The highest BCUT2D eigenvalue weighted by Crippen LogP contribution is 2.36. The molecule has 5 nitrogen and oxygen atoms in total. The van der Waals surface area contributed by atoms with Crippen LogP contribution in [0.4, 0.5) is 17.1 Å². The highest BCUT2D eigenvalue weighted by molar-refractivity contribution is 6.08. The van der Waals surface area contributed by atoms with Crippen molar-refractivity contribution in [3.63, 3.8) is 0 Å². The molecule has 0 aliphatic heterocycles. The molecule has 0 fully saturated rings. The molecule has 5 heteroatoms. The van der Waals surface area contributed by atoms with Gasteiger partial charge >= 0.3 is 0 Å². The van der Waals surface area contributed by atoms with Crippen molar-refractivity contribution < 1.29 is 4.92 Å². The number of aryl methyl sites for hydroxylation is 1. The van der Waals surface area contributed by atoms with Gasteiger partial charge in [-0.3, -0.25) is 10.1 Å². The van der Waals surface area contributed by atoms with Crippen molar-refractivity contribution >= 4 is 38.9 Å². The van der Waals surface area contributed by atoms with Crippen molar-refractivity contribution in [2.24, 2.45) is 0 Å². The minimum absolute atomic E-state index is 0.0602. The number of nitro benzene ring substituents is 1. The molecule has 0 saturated heterocycles. The Bertz CT molecular complexity index is 1070. The SMILES string of the molecule is Cc1ccc(Nc2c3ccccc3nc3ccccc23)c([N+](=O)[O-])c1. The Kier molecular flexibility index (Phi) is 3.54. The van der Waals surface area contributed by atoms with Gasteiger partial charge in [-0.05, 0) is 30.7 Å². The van der Waals surface area contributed by atoms with E-state index >= 15 is 0 Å². The lowest BCUT2D eigenvalue weighted by molar-refractivity contribution is -0.384. The average Bonchev–Trinajstić information content (AvgIpc) is 2.62. The van der Waals surface area contributed by atoms with Gasteiger partial charge in [0.2, 0.25) is 0 Å². The molecule has 0 saturated carbocycles. The van der Waals surface area contributed by atoms with Crippen molar-refractivity contribution in [2.75, 3.05) is 5.32 Å². The summed E-state index contributed by atoms with van der Waals surface area (Å²) in [7, 11) is 0. The molecule has 1 N–H and O–H groups in total. The van der Waals surface area contributed by atoms with Gasteiger partial charge in [0.1, 0.15) is 5.69 Å². The highest BCUT2D eigenvalue weighted by atomic mass is 16.6. The molecule has 0 unspecified atom stereocenters. The summed E-state index contributed by atoms with van der Waals surface area (Å²) in [5.74, 6) is 0. The Hall–Kier alpha value is -3.47. The van der Waals surface area contributed by atoms with Crippen molar-refractivity contribution in [3.05, 3.63) is 82.4 Å². The van der Waals surface area contributed by atoms with Crippen LogP contribution in [0.5, 0.6) is 0 Å². The van der Waals surface area contributed by atoms with Gasteiger partial charge in [-0.15, -0.1) is 0 Å². The van der Waals surface area contributed by atoms with Gasteiger partial charge in [0, 0.05) is 16.8 Å². The Labute approximate surface area is 144 Å². The molecule has 0 aliphatic carbocycles. The first-order valence-electron chi connectivity index (χ1n) is 7.93. The Morgan fingerprint density at radius 2 is 1.52 bits per heavy atom. The van der Waals surface area contributed by atoms with E-state index in [1.165, 1.54) is 0 Å². The predicted octanol–water partition coefficient (Wildman–Crippen LogP) is 5.35. The van der Waals surface area contributed by atoms with Crippen LogP contribution in [0.25, 0.3) is 21.8 Å². The number of hydrogen-bond donors (Lipinski definition) is 1. The van der Waals surface area contributed by atoms with Crippen molar-refractivity contribution in [1.29, 1.82) is 0 Å². The maximum absolute atomic E-state index is 11.4. The molecule has 0 radical (unpaired) electrons. The van der Waals surface area contributed by atoms with Crippen LogP contribution in [0.15, 0.2) is 66.7 Å². The molecule has 122 valence electrons. The number of pyridine rings is 1. The number of para-hydroxylation sites is 2. The number of anilines is 2. The third-order valence-corrected chi connectivity index (χ3v) is 4.20. The van der Waals surface area contributed by atoms with Gasteiger partial charge in [-0.2, -0.15) is 0 Å². The van der Waals surface area contributed by atoms with Crippen LogP contribution in [-0.2, 0) is 0 Å². The van der Waals surface area contributed by atoms with E-state index in [4.69, 9.17) is 0 Å². The maximum Gasteiger partial charge on any atom is 0.292 e. The summed E-state index contributed by atoms with van der Waals surface area (Å²) in [5, 5.41) is 16.6. The molecule has 0 atom stereocenters. The van der Waals surface area contributed by atoms with E-state index in [2.05, 4.69) is 10.3 Å². The predicted molar refractivity (Wildman–Crippen MR) is 100 cm³/mol. The highest BCUT2D eigenvalue weighted by Gasteiger charge is 2.16. The third-order valence-electron chi connectivity index (χ3n) is 4.20.